The van der Waals surface area contributed by atoms with Crippen LogP contribution in [0.25, 0.3) is 0 Å². The highest BCUT2D eigenvalue weighted by atomic mass is 19.4. The normalized spacial score (nSPS) is 11.2. The molecule has 16 heavy (non-hydrogen) atoms. The summed E-state index contributed by atoms with van der Waals surface area (Å²) in [4.78, 5) is 10.4. The molecule has 1 amide bonds. The van der Waals surface area contributed by atoms with Crippen molar-refractivity contribution in [2.45, 2.75) is 19.5 Å². The molecule has 0 aliphatic carbocycles. The van der Waals surface area contributed by atoms with Crippen molar-refractivity contribution in [2.24, 2.45) is 0 Å². The first-order valence-electron chi connectivity index (χ1n) is 4.44. The minimum atomic E-state index is -4.30. The Balaban J connectivity index is 2.93. The molecule has 0 radical (unpaired) electrons. The Morgan fingerprint density at radius 3 is 2.56 bits per heavy atom. The van der Waals surface area contributed by atoms with Crippen LogP contribution in [0.1, 0.15) is 11.1 Å². The van der Waals surface area contributed by atoms with Gasteiger partial charge >= 0.3 is 12.3 Å². The molecule has 0 saturated carbocycles. The summed E-state index contributed by atoms with van der Waals surface area (Å²) < 4.78 is 36.3. The molecule has 0 saturated heterocycles. The SMILES string of the molecule is Cc1ccc(CC(F)(F)F)cc1NC(=O)O. The molecule has 0 heterocycles. The van der Waals surface area contributed by atoms with Gasteiger partial charge in [0.05, 0.1) is 6.42 Å². The molecule has 1 aromatic carbocycles. The molecule has 0 spiro atoms. The summed E-state index contributed by atoms with van der Waals surface area (Å²) in [5.74, 6) is 0. The molecule has 6 heteroatoms. The van der Waals surface area contributed by atoms with Gasteiger partial charge in [-0.3, -0.25) is 5.32 Å². The third kappa shape index (κ3) is 3.80. The van der Waals surface area contributed by atoms with Gasteiger partial charge in [-0.2, -0.15) is 13.2 Å². The van der Waals surface area contributed by atoms with Crippen molar-refractivity contribution >= 4 is 11.8 Å². The minimum Gasteiger partial charge on any atom is -0.465 e. The van der Waals surface area contributed by atoms with E-state index in [4.69, 9.17) is 5.11 Å². The van der Waals surface area contributed by atoms with E-state index >= 15 is 0 Å². The quantitative estimate of drug-likeness (QED) is 0.824. The van der Waals surface area contributed by atoms with Gasteiger partial charge in [0.2, 0.25) is 0 Å². The Morgan fingerprint density at radius 2 is 2.06 bits per heavy atom. The Hall–Kier alpha value is -1.72. The highest BCUT2D eigenvalue weighted by molar-refractivity contribution is 5.84. The Morgan fingerprint density at radius 1 is 1.44 bits per heavy atom. The largest absolute Gasteiger partial charge is 0.465 e. The van der Waals surface area contributed by atoms with E-state index in [1.54, 1.807) is 6.92 Å². The molecule has 0 fully saturated rings. The number of rotatable bonds is 2. The fourth-order valence-corrected chi connectivity index (χ4v) is 1.26. The monoisotopic (exact) mass is 233 g/mol. The second-order valence-electron chi connectivity index (χ2n) is 3.37. The summed E-state index contributed by atoms with van der Waals surface area (Å²) in [6, 6.07) is 3.97. The molecule has 1 aromatic rings. The van der Waals surface area contributed by atoms with Crippen molar-refractivity contribution in [3.05, 3.63) is 29.3 Å². The molecule has 2 N–H and O–H groups in total. The molecule has 3 nitrogen and oxygen atoms in total. The zero-order chi connectivity index (χ0) is 12.3. The van der Waals surface area contributed by atoms with Gasteiger partial charge in [0.1, 0.15) is 0 Å². The maximum absolute atomic E-state index is 12.1. The van der Waals surface area contributed by atoms with Crippen LogP contribution in [0.4, 0.5) is 23.7 Å². The summed E-state index contributed by atoms with van der Waals surface area (Å²) in [7, 11) is 0. The highest BCUT2D eigenvalue weighted by Crippen LogP contribution is 2.24. The number of hydrogen-bond acceptors (Lipinski definition) is 1. The lowest BCUT2D eigenvalue weighted by Crippen LogP contribution is -2.13. The second-order valence-corrected chi connectivity index (χ2v) is 3.37. The molecule has 0 aliphatic rings. The van der Waals surface area contributed by atoms with E-state index in [0.717, 1.165) is 0 Å². The Labute approximate surface area is 89.9 Å². The molecule has 1 rings (SSSR count). The van der Waals surface area contributed by atoms with E-state index in [-0.39, 0.29) is 11.3 Å². The average molecular weight is 233 g/mol. The first kappa shape index (κ1) is 12.4. The van der Waals surface area contributed by atoms with Crippen molar-refractivity contribution < 1.29 is 23.1 Å². The van der Waals surface area contributed by atoms with Crippen LogP contribution in [0, 0.1) is 6.92 Å². The van der Waals surface area contributed by atoms with Crippen LogP contribution in [0.3, 0.4) is 0 Å². The second kappa shape index (κ2) is 4.42. The van der Waals surface area contributed by atoms with Crippen LogP contribution in [-0.2, 0) is 6.42 Å². The smallest absolute Gasteiger partial charge is 0.409 e. The zero-order valence-corrected chi connectivity index (χ0v) is 8.43. The lowest BCUT2D eigenvalue weighted by Gasteiger charge is -2.10. The molecule has 0 bridgehead atoms. The molecule has 0 atom stereocenters. The first-order valence-corrected chi connectivity index (χ1v) is 4.44. The number of amides is 1. The zero-order valence-electron chi connectivity index (χ0n) is 8.43. The van der Waals surface area contributed by atoms with Crippen LogP contribution < -0.4 is 5.32 Å². The summed E-state index contributed by atoms with van der Waals surface area (Å²) in [5, 5.41) is 10.5. The van der Waals surface area contributed by atoms with Gasteiger partial charge < -0.3 is 5.11 Å². The van der Waals surface area contributed by atoms with Gasteiger partial charge in [-0.05, 0) is 24.1 Å². The van der Waals surface area contributed by atoms with E-state index < -0.39 is 18.7 Å². The molecule has 0 unspecified atom stereocenters. The number of hydrogen-bond donors (Lipinski definition) is 2. The number of halogens is 3. The first-order chi connectivity index (χ1) is 7.28. The topological polar surface area (TPSA) is 49.3 Å². The summed E-state index contributed by atoms with van der Waals surface area (Å²) >= 11 is 0. The van der Waals surface area contributed by atoms with E-state index in [1.807, 2.05) is 5.32 Å². The standard InChI is InChI=1S/C10H10F3NO2/c1-6-2-3-7(5-10(11,12)13)4-8(6)14-9(15)16/h2-4,14H,5H2,1H3,(H,15,16). The maximum Gasteiger partial charge on any atom is 0.409 e. The molecular weight excluding hydrogens is 223 g/mol. The molecular formula is C10H10F3NO2. The number of aryl methyl sites for hydroxylation is 1. The van der Waals surface area contributed by atoms with Crippen molar-refractivity contribution in [3.63, 3.8) is 0 Å². The van der Waals surface area contributed by atoms with Crippen LogP contribution in [0.15, 0.2) is 18.2 Å². The Kier molecular flexibility index (Phi) is 3.41. The average Bonchev–Trinajstić information content (AvgIpc) is 2.07. The van der Waals surface area contributed by atoms with Gasteiger partial charge in [0, 0.05) is 5.69 Å². The summed E-state index contributed by atoms with van der Waals surface area (Å²) in [5.41, 5.74) is 0.782. The van der Waals surface area contributed by atoms with Gasteiger partial charge in [0.25, 0.3) is 0 Å². The lowest BCUT2D eigenvalue weighted by molar-refractivity contribution is -0.127. The maximum atomic E-state index is 12.1. The molecule has 0 aliphatic heterocycles. The predicted molar refractivity (Wildman–Crippen MR) is 52.6 cm³/mol. The number of nitrogens with one attached hydrogen (secondary N) is 1. The van der Waals surface area contributed by atoms with Crippen LogP contribution in [0.2, 0.25) is 0 Å². The van der Waals surface area contributed by atoms with Crippen molar-refractivity contribution in [1.82, 2.24) is 0 Å². The van der Waals surface area contributed by atoms with Gasteiger partial charge in [-0.1, -0.05) is 12.1 Å². The minimum absolute atomic E-state index is 0.0295. The van der Waals surface area contributed by atoms with Gasteiger partial charge in [-0.25, -0.2) is 4.79 Å². The van der Waals surface area contributed by atoms with Crippen LogP contribution in [-0.4, -0.2) is 17.4 Å². The number of carboxylic acid groups (broad SMARTS) is 1. The summed E-state index contributed by atoms with van der Waals surface area (Å²) in [6.07, 6.45) is -6.66. The van der Waals surface area contributed by atoms with E-state index in [1.165, 1.54) is 18.2 Å². The highest BCUT2D eigenvalue weighted by Gasteiger charge is 2.27. The van der Waals surface area contributed by atoms with Crippen molar-refractivity contribution in [1.29, 1.82) is 0 Å². The van der Waals surface area contributed by atoms with Gasteiger partial charge in [-0.15, -0.1) is 0 Å². The summed E-state index contributed by atoms with van der Waals surface area (Å²) in [6.45, 7) is 1.61. The number of anilines is 1. The van der Waals surface area contributed by atoms with Gasteiger partial charge in [0.15, 0.2) is 0 Å². The van der Waals surface area contributed by atoms with Crippen molar-refractivity contribution in [2.75, 3.05) is 5.32 Å². The van der Waals surface area contributed by atoms with E-state index in [0.29, 0.717) is 5.56 Å². The fraction of sp³-hybridized carbons (Fsp3) is 0.300. The van der Waals surface area contributed by atoms with Crippen LogP contribution in [0.5, 0.6) is 0 Å². The molecule has 88 valence electrons. The van der Waals surface area contributed by atoms with E-state index in [9.17, 15) is 18.0 Å². The third-order valence-corrected chi connectivity index (χ3v) is 1.95. The molecule has 0 aromatic heterocycles. The predicted octanol–water partition coefficient (Wildman–Crippen LogP) is 3.19. The van der Waals surface area contributed by atoms with Crippen LogP contribution >= 0.6 is 0 Å². The fourth-order valence-electron chi connectivity index (χ4n) is 1.26. The van der Waals surface area contributed by atoms with E-state index in [2.05, 4.69) is 0 Å². The number of alkyl halides is 3. The lowest BCUT2D eigenvalue weighted by atomic mass is 10.1. The Bertz CT molecular complexity index is 402. The number of benzene rings is 1. The third-order valence-electron chi connectivity index (χ3n) is 1.95. The number of carbonyl (C=O) groups is 1. The van der Waals surface area contributed by atoms with Crippen molar-refractivity contribution in [3.8, 4) is 0 Å².